The predicted octanol–water partition coefficient (Wildman–Crippen LogP) is 16.3. The molecule has 0 spiro atoms. The molecule has 0 saturated heterocycles. The predicted molar refractivity (Wildman–Crippen MR) is 230 cm³/mol. The topological polar surface area (TPSA) is 0 Å². The molecule has 0 bridgehead atoms. The number of thiophene rings is 6. The summed E-state index contributed by atoms with van der Waals surface area (Å²) in [5.41, 5.74) is 6.39. The van der Waals surface area contributed by atoms with Crippen LogP contribution in [-0.4, -0.2) is 0 Å². The van der Waals surface area contributed by atoms with Gasteiger partial charge in [-0.2, -0.15) is 0 Å². The van der Waals surface area contributed by atoms with Crippen LogP contribution >= 0.6 is 93.3 Å². The average molecular weight is 783 g/mol. The summed E-state index contributed by atoms with van der Waals surface area (Å²) in [4.78, 5) is 14.3. The van der Waals surface area contributed by atoms with Gasteiger partial charge in [0, 0.05) is 48.8 Å². The van der Waals surface area contributed by atoms with Gasteiger partial charge < -0.3 is 0 Å². The van der Waals surface area contributed by atoms with Crippen molar-refractivity contribution < 1.29 is 0 Å². The van der Waals surface area contributed by atoms with Gasteiger partial charge in [-0.05, 0) is 122 Å². The van der Waals surface area contributed by atoms with Gasteiger partial charge in [0.1, 0.15) is 0 Å². The van der Waals surface area contributed by atoms with Crippen LogP contribution in [0.1, 0.15) is 101 Å². The molecule has 0 radical (unpaired) electrons. The van der Waals surface area contributed by atoms with Crippen molar-refractivity contribution in [1.82, 2.24) is 0 Å². The second-order valence-corrected chi connectivity index (χ2v) is 20.4. The summed E-state index contributed by atoms with van der Waals surface area (Å²) in [6, 6.07) is 18.4. The maximum atomic E-state index is 4.68. The normalized spacial score (nSPS) is 11.7. The number of hydrogen-bond acceptors (Lipinski definition) is 8. The molecule has 0 fully saturated rings. The largest absolute Gasteiger partial charge is 0.134 e. The standard InChI is InChI=1S/C40H46S8/c1-5-9-13-25-27(15-11-7-3)39(33-21-23-35(41)45-33)47-37(25)31-19-17-29(43-31)30-18-20-32(44-30)38-26(14-10-6-2)28(16-12-8-4)40(48-38)34-22-24-36(42)46-34/h17-24,41-42H,5-16H2,1-4H3. The van der Waals surface area contributed by atoms with E-state index in [-0.39, 0.29) is 0 Å². The Bertz CT molecular complexity index is 1780. The third-order valence-corrected chi connectivity index (χ3v) is 17.1. The molecule has 0 aliphatic heterocycles. The number of unbranched alkanes of at least 4 members (excludes halogenated alkanes) is 4. The van der Waals surface area contributed by atoms with Crippen molar-refractivity contribution in [1.29, 1.82) is 0 Å². The zero-order chi connectivity index (χ0) is 33.6. The van der Waals surface area contributed by atoms with Crippen molar-refractivity contribution >= 4 is 93.3 Å². The Kier molecular flexibility index (Phi) is 13.3. The molecule has 0 aromatic carbocycles. The van der Waals surface area contributed by atoms with E-state index in [1.165, 1.54) is 100 Å². The van der Waals surface area contributed by atoms with Crippen molar-refractivity contribution in [3.8, 4) is 48.8 Å². The fourth-order valence-corrected chi connectivity index (χ4v) is 14.0. The molecule has 48 heavy (non-hydrogen) atoms. The van der Waals surface area contributed by atoms with Crippen LogP contribution in [0.4, 0.5) is 0 Å². The fourth-order valence-electron chi connectivity index (χ4n) is 6.35. The Morgan fingerprint density at radius 1 is 0.354 bits per heavy atom. The van der Waals surface area contributed by atoms with Gasteiger partial charge in [-0.3, -0.25) is 0 Å². The Balaban J connectivity index is 1.38. The third-order valence-electron chi connectivity index (χ3n) is 8.89. The Hall–Kier alpha value is -1.10. The minimum Gasteiger partial charge on any atom is -0.134 e. The van der Waals surface area contributed by atoms with Crippen LogP contribution in [-0.2, 0) is 25.7 Å². The molecule has 0 amide bonds. The first kappa shape index (κ1) is 36.7. The van der Waals surface area contributed by atoms with E-state index < -0.39 is 0 Å². The van der Waals surface area contributed by atoms with Crippen LogP contribution in [0.25, 0.3) is 48.8 Å². The van der Waals surface area contributed by atoms with Crippen LogP contribution < -0.4 is 0 Å². The van der Waals surface area contributed by atoms with Crippen molar-refractivity contribution in [2.45, 2.75) is 113 Å². The van der Waals surface area contributed by atoms with E-state index in [0.717, 1.165) is 34.1 Å². The molecule has 0 saturated carbocycles. The molecule has 6 aromatic rings. The van der Waals surface area contributed by atoms with E-state index in [4.69, 9.17) is 0 Å². The summed E-state index contributed by atoms with van der Waals surface area (Å²) >= 11 is 21.0. The summed E-state index contributed by atoms with van der Waals surface area (Å²) in [6.45, 7) is 9.26. The second kappa shape index (κ2) is 17.4. The van der Waals surface area contributed by atoms with Gasteiger partial charge >= 0.3 is 0 Å². The molecule has 6 aromatic heterocycles. The van der Waals surface area contributed by atoms with Crippen molar-refractivity contribution in [2.24, 2.45) is 0 Å². The first-order chi connectivity index (χ1) is 23.4. The van der Waals surface area contributed by atoms with Crippen molar-refractivity contribution in [3.63, 3.8) is 0 Å². The lowest BCUT2D eigenvalue weighted by Gasteiger charge is -2.08. The Morgan fingerprint density at radius 3 is 0.896 bits per heavy atom. The quantitative estimate of drug-likeness (QED) is 0.0846. The van der Waals surface area contributed by atoms with Crippen LogP contribution in [0.3, 0.4) is 0 Å². The second-order valence-electron chi connectivity index (χ2n) is 12.5. The highest BCUT2D eigenvalue weighted by molar-refractivity contribution is 7.83. The van der Waals surface area contributed by atoms with Gasteiger partial charge in [0.05, 0.1) is 8.42 Å². The third kappa shape index (κ3) is 8.17. The lowest BCUT2D eigenvalue weighted by molar-refractivity contribution is 0.764. The highest BCUT2D eigenvalue weighted by atomic mass is 32.2. The average Bonchev–Trinajstić information content (AvgIpc) is 3.93. The molecule has 0 N–H and O–H groups in total. The van der Waals surface area contributed by atoms with Crippen LogP contribution in [0.5, 0.6) is 0 Å². The molecule has 0 atom stereocenters. The van der Waals surface area contributed by atoms with E-state index in [1.807, 2.05) is 68.0 Å². The molecule has 6 rings (SSSR count). The van der Waals surface area contributed by atoms with E-state index in [0.29, 0.717) is 0 Å². The first-order valence-electron chi connectivity index (χ1n) is 17.5. The Labute approximate surface area is 323 Å². The van der Waals surface area contributed by atoms with Gasteiger partial charge in [-0.1, -0.05) is 53.4 Å². The van der Waals surface area contributed by atoms with Crippen molar-refractivity contribution in [3.05, 3.63) is 70.8 Å². The molecule has 0 aliphatic carbocycles. The minimum atomic E-state index is 1.10. The zero-order valence-electron chi connectivity index (χ0n) is 28.4. The van der Waals surface area contributed by atoms with Crippen molar-refractivity contribution in [2.75, 3.05) is 0 Å². The summed E-state index contributed by atoms with van der Waals surface area (Å²) in [6.07, 6.45) is 14.5. The molecular formula is C40H46S8. The maximum absolute atomic E-state index is 4.68. The number of hydrogen-bond donors (Lipinski definition) is 2. The minimum absolute atomic E-state index is 1.10. The van der Waals surface area contributed by atoms with Crippen LogP contribution in [0.15, 0.2) is 56.9 Å². The highest BCUT2D eigenvalue weighted by Gasteiger charge is 2.24. The molecule has 0 unspecified atom stereocenters. The van der Waals surface area contributed by atoms with Gasteiger partial charge in [0.25, 0.3) is 0 Å². The first-order valence-corrected chi connectivity index (χ1v) is 23.3. The molecule has 254 valence electrons. The fraction of sp³-hybridized carbons (Fsp3) is 0.400. The summed E-state index contributed by atoms with van der Waals surface area (Å²) in [5.74, 6) is 0. The lowest BCUT2D eigenvalue weighted by Crippen LogP contribution is -1.94. The van der Waals surface area contributed by atoms with E-state index in [9.17, 15) is 0 Å². The summed E-state index contributed by atoms with van der Waals surface area (Å²) in [5, 5.41) is 0. The molecule has 0 nitrogen and oxygen atoms in total. The van der Waals surface area contributed by atoms with E-state index >= 15 is 0 Å². The summed E-state index contributed by atoms with van der Waals surface area (Å²) in [7, 11) is 0. The van der Waals surface area contributed by atoms with E-state index in [2.05, 4.69) is 101 Å². The van der Waals surface area contributed by atoms with Gasteiger partial charge in [0.15, 0.2) is 0 Å². The SMILES string of the molecule is CCCCc1c(-c2ccc(S)s2)sc(-c2ccc(-c3ccc(-c4sc(-c5ccc(S)s5)c(CCCC)c4CCCC)s3)s2)c1CCCC. The zero-order valence-corrected chi connectivity index (χ0v) is 35.1. The van der Waals surface area contributed by atoms with Gasteiger partial charge in [-0.25, -0.2) is 0 Å². The van der Waals surface area contributed by atoms with Crippen LogP contribution in [0, 0.1) is 0 Å². The Morgan fingerprint density at radius 2 is 0.625 bits per heavy atom. The highest BCUT2D eigenvalue weighted by Crippen LogP contribution is 2.51. The summed E-state index contributed by atoms with van der Waals surface area (Å²) < 4.78 is 2.19. The number of rotatable bonds is 17. The smallest absolute Gasteiger partial charge is 0.0574 e. The molecule has 0 aliphatic rings. The van der Waals surface area contributed by atoms with Gasteiger partial charge in [0.2, 0.25) is 0 Å². The maximum Gasteiger partial charge on any atom is 0.0574 e. The van der Waals surface area contributed by atoms with E-state index in [1.54, 1.807) is 22.3 Å². The van der Waals surface area contributed by atoms with Gasteiger partial charge in [-0.15, -0.1) is 93.3 Å². The number of thiol groups is 2. The molecular weight excluding hydrogens is 737 g/mol. The molecule has 8 heteroatoms. The van der Waals surface area contributed by atoms with Crippen LogP contribution in [0.2, 0.25) is 0 Å². The lowest BCUT2D eigenvalue weighted by atomic mass is 9.97. The monoisotopic (exact) mass is 782 g/mol. The molecule has 6 heterocycles.